The lowest BCUT2D eigenvalue weighted by Crippen LogP contribution is -2.28. The summed E-state index contributed by atoms with van der Waals surface area (Å²) in [6, 6.07) is 8.79. The van der Waals surface area contributed by atoms with Gasteiger partial charge in [-0.05, 0) is 33.4 Å². The van der Waals surface area contributed by atoms with Gasteiger partial charge < -0.3 is 0 Å². The molecule has 0 saturated carbocycles. The van der Waals surface area contributed by atoms with E-state index >= 15 is 0 Å². The summed E-state index contributed by atoms with van der Waals surface area (Å²) in [4.78, 5) is 0. The molecule has 0 bridgehead atoms. The second-order valence-corrected chi connectivity index (χ2v) is 5.84. The van der Waals surface area contributed by atoms with Gasteiger partial charge in [0.1, 0.15) is 0 Å². The van der Waals surface area contributed by atoms with E-state index in [0.29, 0.717) is 22.3 Å². The van der Waals surface area contributed by atoms with Crippen molar-refractivity contribution in [3.63, 3.8) is 0 Å². The first-order chi connectivity index (χ1) is 16.6. The Morgan fingerprint density at radius 1 is 0.520 bits per heavy atom. The molecular weight excluding hydrogens is 300 g/mol. The smallest absolute Gasteiger partial charge is 0.0622 e. The number of benzene rings is 4. The Balaban J connectivity index is 2.15. The minimum absolute atomic E-state index is 0.153. The van der Waals surface area contributed by atoms with Gasteiger partial charge in [0.05, 0.1) is 19.1 Å². The SMILES string of the molecule is [2H]c1c([2H])c([2H])c(C2(c3c([2H])c([2H])c([2H])c([2H])c3[2H])c3ccccc3-c3ccccc32)c([2H])c1[2H]. The predicted octanol–water partition coefficient (Wildman–Crippen LogP) is 6.05. The number of hydrogen-bond acceptors (Lipinski definition) is 0. The second kappa shape index (κ2) is 5.46. The highest BCUT2D eigenvalue weighted by Crippen LogP contribution is 2.55. The van der Waals surface area contributed by atoms with Crippen LogP contribution in [0.1, 0.15) is 36.0 Å². The summed E-state index contributed by atoms with van der Waals surface area (Å²) in [7, 11) is 0. The van der Waals surface area contributed by atoms with Crippen molar-refractivity contribution in [2.45, 2.75) is 5.41 Å². The van der Waals surface area contributed by atoms with Crippen molar-refractivity contribution in [1.82, 2.24) is 0 Å². The monoisotopic (exact) mass is 328 g/mol. The quantitative estimate of drug-likeness (QED) is 0.370. The highest BCUT2D eigenvalue weighted by Gasteiger charge is 2.45. The zero-order valence-electron chi connectivity index (χ0n) is 23.1. The molecule has 0 heteroatoms. The van der Waals surface area contributed by atoms with Crippen molar-refractivity contribution < 1.29 is 13.7 Å². The third-order valence-corrected chi connectivity index (χ3v) is 4.70. The van der Waals surface area contributed by atoms with Gasteiger partial charge in [0, 0.05) is 0 Å². The third-order valence-electron chi connectivity index (χ3n) is 4.70. The van der Waals surface area contributed by atoms with Crippen LogP contribution in [0.25, 0.3) is 11.1 Å². The lowest BCUT2D eigenvalue weighted by atomic mass is 9.68. The van der Waals surface area contributed by atoms with Crippen LogP contribution in [-0.4, -0.2) is 0 Å². The molecule has 0 atom stereocenters. The van der Waals surface area contributed by atoms with Gasteiger partial charge >= 0.3 is 0 Å². The molecule has 4 aromatic rings. The maximum absolute atomic E-state index is 8.82. The van der Waals surface area contributed by atoms with E-state index < -0.39 is 65.8 Å². The fourth-order valence-corrected chi connectivity index (χ4v) is 3.77. The van der Waals surface area contributed by atoms with Crippen molar-refractivity contribution in [1.29, 1.82) is 0 Å². The first-order valence-corrected chi connectivity index (χ1v) is 7.90. The van der Waals surface area contributed by atoms with Crippen LogP contribution in [0.5, 0.6) is 0 Å². The molecule has 0 saturated heterocycles. The predicted molar refractivity (Wildman–Crippen MR) is 104 cm³/mol. The largest absolute Gasteiger partial charge is 0.0713 e. The number of fused-ring (bicyclic) bond motifs is 3. The molecule has 0 spiro atoms. The standard InChI is InChI=1S/C25H18/c1-3-11-19(12-4-1)25(20-13-5-2-6-14-20)23-17-9-7-15-21(23)22-16-8-10-18-24(22)25/h1-18H/i1D,2D,3D,4D,5D,6D,11D,12D,13D,14D. The Kier molecular flexibility index (Phi) is 1.62. The summed E-state index contributed by atoms with van der Waals surface area (Å²) in [6.07, 6.45) is 0. The van der Waals surface area contributed by atoms with E-state index in [-0.39, 0.29) is 11.1 Å². The van der Waals surface area contributed by atoms with Gasteiger partial charge in [0.15, 0.2) is 0 Å². The summed E-state index contributed by atoms with van der Waals surface area (Å²) in [5.74, 6) is 0. The summed E-state index contributed by atoms with van der Waals surface area (Å²) >= 11 is 0. The maximum atomic E-state index is 8.82. The zero-order valence-corrected chi connectivity index (χ0v) is 13.1. The zero-order chi connectivity index (χ0) is 25.4. The van der Waals surface area contributed by atoms with Gasteiger partial charge in [-0.15, -0.1) is 0 Å². The molecule has 0 aliphatic heterocycles. The average Bonchev–Trinajstić information content (AvgIpc) is 3.15. The van der Waals surface area contributed by atoms with Gasteiger partial charge in [-0.1, -0.05) is 109 Å². The van der Waals surface area contributed by atoms with Crippen LogP contribution in [0.2, 0.25) is 0 Å². The molecule has 0 radical (unpaired) electrons. The van der Waals surface area contributed by atoms with Crippen molar-refractivity contribution in [3.8, 4) is 11.1 Å². The Labute approximate surface area is 162 Å². The highest BCUT2D eigenvalue weighted by atomic mass is 14.5. The van der Waals surface area contributed by atoms with E-state index in [0.717, 1.165) is 0 Å². The van der Waals surface area contributed by atoms with Gasteiger partial charge in [-0.25, -0.2) is 0 Å². The maximum Gasteiger partial charge on any atom is 0.0713 e. The fourth-order valence-electron chi connectivity index (χ4n) is 3.77. The molecule has 4 aromatic carbocycles. The fraction of sp³-hybridized carbons (Fsp3) is 0.0400. The first-order valence-electron chi connectivity index (χ1n) is 12.9. The van der Waals surface area contributed by atoms with E-state index in [1.165, 1.54) is 0 Å². The molecule has 118 valence electrons. The van der Waals surface area contributed by atoms with Crippen molar-refractivity contribution in [2.75, 3.05) is 0 Å². The normalized spacial score (nSPS) is 19.5. The Morgan fingerprint density at radius 3 is 1.36 bits per heavy atom. The van der Waals surface area contributed by atoms with Crippen LogP contribution >= 0.6 is 0 Å². The highest BCUT2D eigenvalue weighted by molar-refractivity contribution is 5.86. The summed E-state index contributed by atoms with van der Waals surface area (Å²) < 4.78 is 84.8. The molecular formula is C25H18. The molecule has 0 heterocycles. The second-order valence-electron chi connectivity index (χ2n) is 5.84. The van der Waals surface area contributed by atoms with Gasteiger partial charge in [0.25, 0.3) is 0 Å². The van der Waals surface area contributed by atoms with E-state index in [1.807, 2.05) is 12.1 Å². The molecule has 25 heavy (non-hydrogen) atoms. The van der Waals surface area contributed by atoms with Crippen LogP contribution in [0.3, 0.4) is 0 Å². The molecule has 0 nitrogen and oxygen atoms in total. The molecule has 0 amide bonds. The molecule has 1 aliphatic carbocycles. The Morgan fingerprint density at radius 2 is 0.920 bits per heavy atom. The lowest BCUT2D eigenvalue weighted by molar-refractivity contribution is 0.768. The van der Waals surface area contributed by atoms with E-state index in [2.05, 4.69) is 0 Å². The van der Waals surface area contributed by atoms with Crippen LogP contribution in [-0.2, 0) is 5.41 Å². The lowest BCUT2D eigenvalue weighted by Gasteiger charge is -2.33. The summed E-state index contributed by atoms with van der Waals surface area (Å²) in [5, 5.41) is 0. The Hall–Kier alpha value is -3.12. The molecule has 0 unspecified atom stereocenters. The first kappa shape index (κ1) is 7.41. The molecule has 5 rings (SSSR count). The summed E-state index contributed by atoms with van der Waals surface area (Å²) in [6.45, 7) is 0. The minimum Gasteiger partial charge on any atom is -0.0622 e. The Bertz CT molecular complexity index is 1380. The molecule has 0 N–H and O–H groups in total. The van der Waals surface area contributed by atoms with Gasteiger partial charge in [0.2, 0.25) is 0 Å². The third kappa shape index (κ3) is 1.88. The molecule has 0 aromatic heterocycles. The molecule has 1 aliphatic rings. The van der Waals surface area contributed by atoms with Crippen molar-refractivity contribution in [2.24, 2.45) is 0 Å². The van der Waals surface area contributed by atoms with Crippen molar-refractivity contribution in [3.05, 3.63) is 131 Å². The van der Waals surface area contributed by atoms with Crippen molar-refractivity contribution >= 4 is 0 Å². The van der Waals surface area contributed by atoms with Crippen LogP contribution in [0.15, 0.2) is 109 Å². The number of hydrogen-bond donors (Lipinski definition) is 0. The topological polar surface area (TPSA) is 0 Å². The van der Waals surface area contributed by atoms with Crippen LogP contribution in [0.4, 0.5) is 0 Å². The molecule has 0 fully saturated rings. The van der Waals surface area contributed by atoms with Gasteiger partial charge in [-0.2, -0.15) is 0 Å². The van der Waals surface area contributed by atoms with Crippen LogP contribution in [0, 0.1) is 0 Å². The van der Waals surface area contributed by atoms with Crippen LogP contribution < -0.4 is 0 Å². The van der Waals surface area contributed by atoms with E-state index in [1.54, 1.807) is 36.4 Å². The van der Waals surface area contributed by atoms with E-state index in [4.69, 9.17) is 13.7 Å². The number of rotatable bonds is 2. The van der Waals surface area contributed by atoms with E-state index in [9.17, 15) is 0 Å². The summed E-state index contributed by atoms with van der Waals surface area (Å²) in [5.41, 5.74) is 0.313. The van der Waals surface area contributed by atoms with Gasteiger partial charge in [-0.3, -0.25) is 0 Å². The minimum atomic E-state index is -1.74. The average molecular weight is 328 g/mol.